The van der Waals surface area contributed by atoms with Crippen LogP contribution in [0.15, 0.2) is 0 Å². The summed E-state index contributed by atoms with van der Waals surface area (Å²) < 4.78 is 6.39. The molecular weight excluding hydrogens is 254 g/mol. The zero-order valence-electron chi connectivity index (χ0n) is 12.9. The largest absolute Gasteiger partial charge is 0.378 e. The number of nitrogens with one attached hydrogen (secondary N) is 1. The molecule has 2 atom stereocenters. The number of ether oxygens (including phenoxy) is 1. The fourth-order valence-electron chi connectivity index (χ4n) is 3.46. The van der Waals surface area contributed by atoms with E-state index in [9.17, 15) is 0 Å². The molecule has 1 aliphatic carbocycles. The van der Waals surface area contributed by atoms with Crippen LogP contribution in [0.3, 0.4) is 0 Å². The van der Waals surface area contributed by atoms with E-state index < -0.39 is 0 Å². The van der Waals surface area contributed by atoms with Gasteiger partial charge in [0.1, 0.15) is 0 Å². The molecule has 112 valence electrons. The second kappa shape index (κ2) is 7.33. The minimum absolute atomic E-state index is 0.461. The summed E-state index contributed by atoms with van der Waals surface area (Å²) in [5.74, 6) is 0.647. The lowest BCUT2D eigenvalue weighted by Crippen LogP contribution is -2.47. The zero-order valence-corrected chi connectivity index (χ0v) is 13.7. The molecule has 0 radical (unpaired) electrons. The summed E-state index contributed by atoms with van der Waals surface area (Å²) in [7, 11) is 0. The van der Waals surface area contributed by atoms with Crippen molar-refractivity contribution in [1.82, 2.24) is 5.32 Å². The van der Waals surface area contributed by atoms with Gasteiger partial charge in [-0.25, -0.2) is 0 Å². The molecule has 0 aromatic carbocycles. The summed E-state index contributed by atoms with van der Waals surface area (Å²) in [6.45, 7) is 6.69. The number of thioether (sulfide) groups is 1. The van der Waals surface area contributed by atoms with Crippen molar-refractivity contribution in [3.05, 3.63) is 0 Å². The van der Waals surface area contributed by atoms with Crippen molar-refractivity contribution in [3.63, 3.8) is 0 Å². The molecule has 1 heterocycles. The average molecular weight is 285 g/mol. The fraction of sp³-hybridized carbons (Fsp3) is 1.00. The van der Waals surface area contributed by atoms with Crippen molar-refractivity contribution in [2.24, 2.45) is 5.92 Å². The molecule has 19 heavy (non-hydrogen) atoms. The molecule has 3 heteroatoms. The van der Waals surface area contributed by atoms with E-state index in [1.165, 1.54) is 51.5 Å². The van der Waals surface area contributed by atoms with Crippen molar-refractivity contribution in [2.45, 2.75) is 75.7 Å². The Balaban J connectivity index is 1.80. The zero-order chi connectivity index (χ0) is 13.7. The van der Waals surface area contributed by atoms with Gasteiger partial charge in [0.15, 0.2) is 0 Å². The van der Waals surface area contributed by atoms with Crippen molar-refractivity contribution >= 4 is 11.8 Å². The normalized spacial score (nSPS) is 31.6. The Bertz CT molecular complexity index is 263. The van der Waals surface area contributed by atoms with Crippen molar-refractivity contribution in [2.75, 3.05) is 19.4 Å². The quantitative estimate of drug-likeness (QED) is 0.829. The van der Waals surface area contributed by atoms with Gasteiger partial charge in [0.2, 0.25) is 0 Å². The van der Waals surface area contributed by atoms with Crippen molar-refractivity contribution < 1.29 is 4.74 Å². The van der Waals surface area contributed by atoms with E-state index in [2.05, 4.69) is 37.2 Å². The molecule has 0 bridgehead atoms. The molecule has 1 saturated heterocycles. The molecule has 1 N–H and O–H groups in total. The molecule has 0 aromatic rings. The fourth-order valence-corrected chi connectivity index (χ4v) is 4.38. The van der Waals surface area contributed by atoms with Gasteiger partial charge >= 0.3 is 0 Å². The first-order valence-electron chi connectivity index (χ1n) is 8.05. The maximum absolute atomic E-state index is 5.87. The van der Waals surface area contributed by atoms with E-state index in [-0.39, 0.29) is 0 Å². The Labute approximate surface area is 123 Å². The van der Waals surface area contributed by atoms with Crippen LogP contribution >= 0.6 is 11.8 Å². The Morgan fingerprint density at radius 3 is 2.63 bits per heavy atom. The lowest BCUT2D eigenvalue weighted by atomic mass is 9.87. The second-order valence-corrected chi connectivity index (χ2v) is 7.98. The SMILES string of the molecule is CSC1(CNC2CCOC(C(C)C)C2)CCCCC1. The lowest BCUT2D eigenvalue weighted by Gasteiger charge is -2.39. The van der Waals surface area contributed by atoms with Gasteiger partial charge < -0.3 is 10.1 Å². The highest BCUT2D eigenvalue weighted by atomic mass is 32.2. The third-order valence-corrected chi connectivity index (χ3v) is 6.39. The molecule has 0 aromatic heterocycles. The monoisotopic (exact) mass is 285 g/mol. The summed E-state index contributed by atoms with van der Waals surface area (Å²) in [5.41, 5.74) is 0. The summed E-state index contributed by atoms with van der Waals surface area (Å²) in [5, 5.41) is 3.87. The van der Waals surface area contributed by atoms with Crippen LogP contribution in [-0.2, 0) is 4.74 Å². The first-order valence-corrected chi connectivity index (χ1v) is 9.28. The topological polar surface area (TPSA) is 21.3 Å². The maximum atomic E-state index is 5.87. The van der Waals surface area contributed by atoms with Gasteiger partial charge in [-0.1, -0.05) is 33.1 Å². The van der Waals surface area contributed by atoms with Gasteiger partial charge in [0.25, 0.3) is 0 Å². The highest BCUT2D eigenvalue weighted by Crippen LogP contribution is 2.38. The van der Waals surface area contributed by atoms with Crippen molar-refractivity contribution in [3.8, 4) is 0 Å². The number of rotatable bonds is 5. The van der Waals surface area contributed by atoms with E-state index in [0.717, 1.165) is 6.61 Å². The van der Waals surface area contributed by atoms with Crippen molar-refractivity contribution in [1.29, 1.82) is 0 Å². The molecule has 0 spiro atoms. The van der Waals surface area contributed by atoms with Crippen LogP contribution in [0.2, 0.25) is 0 Å². The predicted molar refractivity (Wildman–Crippen MR) is 84.9 cm³/mol. The molecule has 2 aliphatic rings. The van der Waals surface area contributed by atoms with Crippen LogP contribution < -0.4 is 5.32 Å². The van der Waals surface area contributed by atoms with E-state index in [1.54, 1.807) is 0 Å². The van der Waals surface area contributed by atoms with Crippen LogP contribution in [0.1, 0.15) is 58.8 Å². The predicted octanol–water partition coefficient (Wildman–Crippen LogP) is 3.85. The summed E-state index contributed by atoms with van der Waals surface area (Å²) in [6, 6.07) is 0.673. The van der Waals surface area contributed by atoms with Crippen LogP contribution in [0.25, 0.3) is 0 Å². The summed E-state index contributed by atoms with van der Waals surface area (Å²) in [6.07, 6.45) is 12.2. The maximum Gasteiger partial charge on any atom is 0.0612 e. The first kappa shape index (κ1) is 15.7. The highest BCUT2D eigenvalue weighted by Gasteiger charge is 2.32. The molecule has 2 rings (SSSR count). The Morgan fingerprint density at radius 1 is 1.26 bits per heavy atom. The average Bonchev–Trinajstić information content (AvgIpc) is 2.46. The molecule has 1 aliphatic heterocycles. The van der Waals surface area contributed by atoms with Crippen LogP contribution in [-0.4, -0.2) is 36.3 Å². The van der Waals surface area contributed by atoms with Gasteiger partial charge in [-0.3, -0.25) is 0 Å². The number of hydrogen-bond acceptors (Lipinski definition) is 3. The smallest absolute Gasteiger partial charge is 0.0612 e. The third kappa shape index (κ3) is 4.37. The molecule has 2 nitrogen and oxygen atoms in total. The number of hydrogen-bond donors (Lipinski definition) is 1. The molecule has 0 amide bonds. The molecule has 1 saturated carbocycles. The van der Waals surface area contributed by atoms with Gasteiger partial charge in [0.05, 0.1) is 6.10 Å². The molecule has 2 unspecified atom stereocenters. The van der Waals surface area contributed by atoms with Gasteiger partial charge in [0, 0.05) is 23.9 Å². The van der Waals surface area contributed by atoms with Gasteiger partial charge in [-0.05, 0) is 37.9 Å². The summed E-state index contributed by atoms with van der Waals surface area (Å²) in [4.78, 5) is 0. The minimum atomic E-state index is 0.461. The highest BCUT2D eigenvalue weighted by molar-refractivity contribution is 8.00. The lowest BCUT2D eigenvalue weighted by molar-refractivity contribution is -0.0247. The Morgan fingerprint density at radius 2 is 2.00 bits per heavy atom. The standard InChI is InChI=1S/C16H31NOS/c1-13(2)15-11-14(7-10-18-15)17-12-16(19-3)8-5-4-6-9-16/h13-15,17H,4-12H2,1-3H3. The van der Waals surface area contributed by atoms with Crippen LogP contribution in [0.5, 0.6) is 0 Å². The van der Waals surface area contributed by atoms with E-state index in [1.807, 2.05) is 0 Å². The van der Waals surface area contributed by atoms with Crippen LogP contribution in [0.4, 0.5) is 0 Å². The third-order valence-electron chi connectivity index (χ3n) is 4.97. The second-order valence-electron chi connectivity index (χ2n) is 6.70. The van der Waals surface area contributed by atoms with Crippen LogP contribution in [0, 0.1) is 5.92 Å². The Hall–Kier alpha value is 0.270. The van der Waals surface area contributed by atoms with Gasteiger partial charge in [-0.2, -0.15) is 11.8 Å². The van der Waals surface area contributed by atoms with E-state index in [0.29, 0.717) is 22.8 Å². The Kier molecular flexibility index (Phi) is 6.04. The van der Waals surface area contributed by atoms with Gasteiger partial charge in [-0.15, -0.1) is 0 Å². The first-order chi connectivity index (χ1) is 9.15. The van der Waals surface area contributed by atoms with E-state index in [4.69, 9.17) is 4.74 Å². The molecule has 2 fully saturated rings. The van der Waals surface area contributed by atoms with E-state index >= 15 is 0 Å². The summed E-state index contributed by atoms with van der Waals surface area (Å²) >= 11 is 2.10. The minimum Gasteiger partial charge on any atom is -0.378 e. The molecular formula is C16H31NOS.